The molecule has 0 aliphatic carbocycles. The SMILES string of the molecule is CC(C)NC(=NCC1CCS(=O)(=O)C1)N1CCCCC1. The summed E-state index contributed by atoms with van der Waals surface area (Å²) in [6, 6.07) is 0.350. The van der Waals surface area contributed by atoms with Crippen LogP contribution in [0, 0.1) is 5.92 Å². The van der Waals surface area contributed by atoms with Crippen LogP contribution >= 0.6 is 0 Å². The van der Waals surface area contributed by atoms with Gasteiger partial charge in [-0.25, -0.2) is 8.42 Å². The van der Waals surface area contributed by atoms with Crippen molar-refractivity contribution >= 4 is 15.8 Å². The molecule has 0 aromatic rings. The maximum absolute atomic E-state index is 11.5. The number of aliphatic imine (C=N–C) groups is 1. The zero-order valence-electron chi connectivity index (χ0n) is 12.6. The first-order valence-corrected chi connectivity index (χ1v) is 9.55. The molecule has 0 bridgehead atoms. The van der Waals surface area contributed by atoms with E-state index in [0.29, 0.717) is 24.1 Å². The summed E-state index contributed by atoms with van der Waals surface area (Å²) in [6.45, 7) is 6.97. The third-order valence-corrected chi connectivity index (χ3v) is 5.74. The fraction of sp³-hybridized carbons (Fsp3) is 0.929. The molecule has 5 nitrogen and oxygen atoms in total. The third kappa shape index (κ3) is 4.65. The van der Waals surface area contributed by atoms with E-state index in [2.05, 4.69) is 24.1 Å². The molecular weight excluding hydrogens is 274 g/mol. The van der Waals surface area contributed by atoms with Crippen molar-refractivity contribution in [1.82, 2.24) is 10.2 Å². The quantitative estimate of drug-likeness (QED) is 0.630. The Kier molecular flexibility index (Phi) is 5.29. The summed E-state index contributed by atoms with van der Waals surface area (Å²) in [6.07, 6.45) is 4.50. The highest BCUT2D eigenvalue weighted by molar-refractivity contribution is 7.91. The second-order valence-electron chi connectivity index (χ2n) is 6.28. The Hall–Kier alpha value is -0.780. The van der Waals surface area contributed by atoms with Gasteiger partial charge in [0.1, 0.15) is 0 Å². The molecule has 0 radical (unpaired) electrons. The van der Waals surface area contributed by atoms with E-state index in [1.807, 2.05) is 0 Å². The first-order chi connectivity index (χ1) is 9.46. The van der Waals surface area contributed by atoms with Crippen molar-refractivity contribution in [3.8, 4) is 0 Å². The Morgan fingerprint density at radius 1 is 1.30 bits per heavy atom. The molecule has 116 valence electrons. The monoisotopic (exact) mass is 301 g/mol. The van der Waals surface area contributed by atoms with Gasteiger partial charge in [-0.05, 0) is 45.4 Å². The number of hydrogen-bond acceptors (Lipinski definition) is 3. The van der Waals surface area contributed by atoms with Gasteiger partial charge in [-0.3, -0.25) is 4.99 Å². The Morgan fingerprint density at radius 2 is 2.00 bits per heavy atom. The number of likely N-dealkylation sites (tertiary alicyclic amines) is 1. The summed E-state index contributed by atoms with van der Waals surface area (Å²) in [7, 11) is -2.79. The van der Waals surface area contributed by atoms with Gasteiger partial charge in [0.05, 0.1) is 11.5 Å². The summed E-state index contributed by atoms with van der Waals surface area (Å²) < 4.78 is 23.0. The second kappa shape index (κ2) is 6.78. The first-order valence-electron chi connectivity index (χ1n) is 7.72. The van der Waals surface area contributed by atoms with Crippen molar-refractivity contribution in [2.75, 3.05) is 31.1 Å². The number of sulfone groups is 1. The van der Waals surface area contributed by atoms with Gasteiger partial charge < -0.3 is 10.2 Å². The molecule has 0 aromatic heterocycles. The Balaban J connectivity index is 1.96. The lowest BCUT2D eigenvalue weighted by molar-refractivity contribution is 0.327. The average molecular weight is 301 g/mol. The Labute approximate surface area is 122 Å². The minimum atomic E-state index is -2.79. The van der Waals surface area contributed by atoms with Crippen molar-refractivity contribution in [1.29, 1.82) is 0 Å². The lowest BCUT2D eigenvalue weighted by Gasteiger charge is -2.31. The molecular formula is C14H27N3O2S. The number of rotatable bonds is 3. The molecule has 2 rings (SSSR count). The molecule has 1 N–H and O–H groups in total. The van der Waals surface area contributed by atoms with E-state index in [9.17, 15) is 8.42 Å². The first kappa shape index (κ1) is 15.6. The second-order valence-corrected chi connectivity index (χ2v) is 8.51. The van der Waals surface area contributed by atoms with Crippen LogP contribution in [0.4, 0.5) is 0 Å². The van der Waals surface area contributed by atoms with Gasteiger partial charge in [-0.1, -0.05) is 0 Å². The lowest BCUT2D eigenvalue weighted by Crippen LogP contribution is -2.46. The summed E-state index contributed by atoms with van der Waals surface area (Å²) in [5.74, 6) is 1.81. The van der Waals surface area contributed by atoms with Crippen molar-refractivity contribution in [2.45, 2.75) is 45.6 Å². The van der Waals surface area contributed by atoms with Crippen molar-refractivity contribution in [3.05, 3.63) is 0 Å². The predicted molar refractivity (Wildman–Crippen MR) is 82.8 cm³/mol. The Morgan fingerprint density at radius 3 is 2.55 bits per heavy atom. The van der Waals surface area contributed by atoms with Gasteiger partial charge in [-0.15, -0.1) is 0 Å². The fourth-order valence-electron chi connectivity index (χ4n) is 2.83. The van der Waals surface area contributed by atoms with E-state index in [1.54, 1.807) is 0 Å². The smallest absolute Gasteiger partial charge is 0.194 e. The fourth-order valence-corrected chi connectivity index (χ4v) is 4.68. The number of guanidine groups is 1. The molecule has 2 saturated heterocycles. The largest absolute Gasteiger partial charge is 0.354 e. The van der Waals surface area contributed by atoms with Gasteiger partial charge in [0.2, 0.25) is 0 Å². The molecule has 6 heteroatoms. The summed E-state index contributed by atoms with van der Waals surface area (Å²) in [4.78, 5) is 7.01. The van der Waals surface area contributed by atoms with Crippen LogP contribution in [0.2, 0.25) is 0 Å². The van der Waals surface area contributed by atoms with E-state index >= 15 is 0 Å². The van der Waals surface area contributed by atoms with Crippen molar-refractivity contribution in [3.63, 3.8) is 0 Å². The number of hydrogen-bond donors (Lipinski definition) is 1. The van der Waals surface area contributed by atoms with Crippen molar-refractivity contribution < 1.29 is 8.42 Å². The molecule has 2 heterocycles. The van der Waals surface area contributed by atoms with Gasteiger partial charge in [0.15, 0.2) is 15.8 Å². The van der Waals surface area contributed by atoms with Crippen LogP contribution in [-0.2, 0) is 9.84 Å². The molecule has 2 aliphatic heterocycles. The maximum atomic E-state index is 11.5. The predicted octanol–water partition coefficient (Wildman–Crippen LogP) is 1.26. The van der Waals surface area contributed by atoms with Crippen LogP contribution in [0.1, 0.15) is 39.5 Å². The maximum Gasteiger partial charge on any atom is 0.194 e. The highest BCUT2D eigenvalue weighted by atomic mass is 32.2. The van der Waals surface area contributed by atoms with Gasteiger partial charge in [0, 0.05) is 25.7 Å². The lowest BCUT2D eigenvalue weighted by atomic mass is 10.1. The topological polar surface area (TPSA) is 61.8 Å². The molecule has 0 amide bonds. The van der Waals surface area contributed by atoms with Crippen molar-refractivity contribution in [2.24, 2.45) is 10.9 Å². The molecule has 1 unspecified atom stereocenters. The van der Waals surface area contributed by atoms with E-state index in [1.165, 1.54) is 19.3 Å². The number of nitrogens with one attached hydrogen (secondary N) is 1. The normalized spacial score (nSPS) is 27.1. The molecule has 20 heavy (non-hydrogen) atoms. The summed E-state index contributed by atoms with van der Waals surface area (Å²) in [5.41, 5.74) is 0. The molecule has 2 aliphatic rings. The van der Waals surface area contributed by atoms with Gasteiger partial charge in [-0.2, -0.15) is 0 Å². The van der Waals surface area contributed by atoms with Crippen LogP contribution in [0.5, 0.6) is 0 Å². The van der Waals surface area contributed by atoms with E-state index in [-0.39, 0.29) is 5.92 Å². The van der Waals surface area contributed by atoms with Crippen LogP contribution in [0.15, 0.2) is 4.99 Å². The number of nitrogens with zero attached hydrogens (tertiary/aromatic N) is 2. The molecule has 1 atom stereocenters. The summed E-state index contributed by atoms with van der Waals surface area (Å²) >= 11 is 0. The molecule has 0 spiro atoms. The van der Waals surface area contributed by atoms with E-state index < -0.39 is 9.84 Å². The summed E-state index contributed by atoms with van der Waals surface area (Å²) in [5, 5.41) is 3.42. The highest BCUT2D eigenvalue weighted by Crippen LogP contribution is 2.19. The zero-order chi connectivity index (χ0) is 14.6. The van der Waals surface area contributed by atoms with Crippen LogP contribution in [0.3, 0.4) is 0 Å². The van der Waals surface area contributed by atoms with E-state index in [0.717, 1.165) is 25.5 Å². The van der Waals surface area contributed by atoms with Crippen LogP contribution in [-0.4, -0.2) is 56.5 Å². The van der Waals surface area contributed by atoms with E-state index in [4.69, 9.17) is 4.99 Å². The average Bonchev–Trinajstić information content (AvgIpc) is 2.75. The zero-order valence-corrected chi connectivity index (χ0v) is 13.5. The third-order valence-electron chi connectivity index (χ3n) is 3.90. The minimum absolute atomic E-state index is 0.203. The molecule has 0 aromatic carbocycles. The number of piperidine rings is 1. The molecule has 2 fully saturated rings. The highest BCUT2D eigenvalue weighted by Gasteiger charge is 2.28. The Bertz CT molecular complexity index is 439. The minimum Gasteiger partial charge on any atom is -0.354 e. The van der Waals surface area contributed by atoms with Crippen LogP contribution < -0.4 is 5.32 Å². The van der Waals surface area contributed by atoms with Gasteiger partial charge >= 0.3 is 0 Å². The standard InChI is InChI=1S/C14H27N3O2S/c1-12(2)16-14(17-7-4-3-5-8-17)15-10-13-6-9-20(18,19)11-13/h12-13H,3-11H2,1-2H3,(H,15,16). The van der Waals surface area contributed by atoms with Crippen LogP contribution in [0.25, 0.3) is 0 Å². The molecule has 0 saturated carbocycles. The van der Waals surface area contributed by atoms with Gasteiger partial charge in [0.25, 0.3) is 0 Å².